The number of ether oxygens (including phenoxy) is 1. The Kier molecular flexibility index (Phi) is 3.96. The van der Waals surface area contributed by atoms with Crippen molar-refractivity contribution in [3.63, 3.8) is 0 Å². The molecule has 118 valence electrons. The smallest absolute Gasteiger partial charge is 0.277 e. The molecule has 1 N–H and O–H groups in total. The summed E-state index contributed by atoms with van der Waals surface area (Å²) in [5, 5.41) is 3.81. The second-order valence-electron chi connectivity index (χ2n) is 5.09. The molecule has 0 atom stereocenters. The number of aromatic nitrogens is 2. The van der Waals surface area contributed by atoms with Gasteiger partial charge in [0, 0.05) is 11.9 Å². The van der Waals surface area contributed by atoms with Crippen LogP contribution in [0, 0.1) is 12.8 Å². The lowest BCUT2D eigenvalue weighted by molar-refractivity contribution is 0.292. The highest BCUT2D eigenvalue weighted by Gasteiger charge is 2.26. The molecule has 0 spiro atoms. The molecule has 9 heteroatoms. The van der Waals surface area contributed by atoms with E-state index in [1.165, 1.54) is 6.07 Å². The second-order valence-corrected chi connectivity index (χ2v) is 7.18. The number of rotatable bonds is 6. The maximum Gasteiger partial charge on any atom is 0.277 e. The molecular formula is C13H14ClN3O4S. The van der Waals surface area contributed by atoms with E-state index in [-0.39, 0.29) is 22.5 Å². The summed E-state index contributed by atoms with van der Waals surface area (Å²) in [6, 6.07) is 4.46. The molecule has 1 aromatic carbocycles. The average molecular weight is 344 g/mol. The lowest BCUT2D eigenvalue weighted by atomic mass is 10.3. The molecule has 0 radical (unpaired) electrons. The number of sulfonamides is 1. The fourth-order valence-electron chi connectivity index (χ4n) is 1.82. The summed E-state index contributed by atoms with van der Waals surface area (Å²) in [6.07, 6.45) is 2.21. The van der Waals surface area contributed by atoms with E-state index in [2.05, 4.69) is 14.9 Å². The van der Waals surface area contributed by atoms with Crippen molar-refractivity contribution in [3.8, 4) is 5.75 Å². The molecule has 3 rings (SSSR count). The number of halogens is 1. The zero-order valence-electron chi connectivity index (χ0n) is 11.7. The number of nitrogens with zero attached hydrogens (tertiary/aromatic N) is 2. The molecular weight excluding hydrogens is 330 g/mol. The highest BCUT2D eigenvalue weighted by Crippen LogP contribution is 2.33. The standard InChI is InChI=1S/C13H14ClN3O4S/c1-8-15-13(16-21-8)17-22(18,19)12-6-10(14)4-5-11(12)20-7-9-2-3-9/h4-6,9H,2-3,7H2,1H3,(H,16,17). The maximum atomic E-state index is 12.5. The fourth-order valence-corrected chi connectivity index (χ4v) is 3.16. The zero-order chi connectivity index (χ0) is 15.7. The third-order valence-corrected chi connectivity index (χ3v) is 4.70. The third-order valence-electron chi connectivity index (χ3n) is 3.12. The van der Waals surface area contributed by atoms with Gasteiger partial charge in [-0.3, -0.25) is 0 Å². The van der Waals surface area contributed by atoms with Gasteiger partial charge in [0.15, 0.2) is 0 Å². The first-order valence-electron chi connectivity index (χ1n) is 6.69. The molecule has 1 heterocycles. The van der Waals surface area contributed by atoms with Gasteiger partial charge in [-0.1, -0.05) is 11.6 Å². The third kappa shape index (κ3) is 3.50. The van der Waals surface area contributed by atoms with Crippen LogP contribution in [0.25, 0.3) is 0 Å². The van der Waals surface area contributed by atoms with Crippen molar-refractivity contribution in [1.29, 1.82) is 0 Å². The van der Waals surface area contributed by atoms with E-state index in [1.807, 2.05) is 0 Å². The Morgan fingerprint density at radius 1 is 1.45 bits per heavy atom. The van der Waals surface area contributed by atoms with Gasteiger partial charge < -0.3 is 9.26 Å². The lowest BCUT2D eigenvalue weighted by Crippen LogP contribution is -2.16. The molecule has 0 unspecified atom stereocenters. The van der Waals surface area contributed by atoms with Gasteiger partial charge in [-0.15, -0.1) is 0 Å². The molecule has 1 aliphatic rings. The van der Waals surface area contributed by atoms with E-state index < -0.39 is 10.0 Å². The molecule has 7 nitrogen and oxygen atoms in total. The Balaban J connectivity index is 1.88. The summed E-state index contributed by atoms with van der Waals surface area (Å²) in [5.74, 6) is 0.877. The molecule has 2 aromatic rings. The lowest BCUT2D eigenvalue weighted by Gasteiger charge is -2.12. The first-order chi connectivity index (χ1) is 10.4. The van der Waals surface area contributed by atoms with Gasteiger partial charge in [-0.2, -0.15) is 4.98 Å². The Labute approximate surface area is 132 Å². The second kappa shape index (κ2) is 5.77. The van der Waals surface area contributed by atoms with E-state index in [1.54, 1.807) is 19.1 Å². The molecule has 1 saturated carbocycles. The summed E-state index contributed by atoms with van der Waals surface area (Å²) in [4.78, 5) is 3.76. The topological polar surface area (TPSA) is 94.3 Å². The Morgan fingerprint density at radius 3 is 2.86 bits per heavy atom. The SMILES string of the molecule is Cc1nc(NS(=O)(=O)c2cc(Cl)ccc2OCC2CC2)no1. The minimum absolute atomic E-state index is 0.0527. The van der Waals surface area contributed by atoms with Gasteiger partial charge in [0.05, 0.1) is 6.61 Å². The summed E-state index contributed by atoms with van der Waals surface area (Å²) in [5.41, 5.74) is 0. The van der Waals surface area contributed by atoms with Crippen molar-refractivity contribution in [1.82, 2.24) is 10.1 Å². The minimum atomic E-state index is -3.93. The van der Waals surface area contributed by atoms with Gasteiger partial charge >= 0.3 is 0 Å². The molecule has 0 amide bonds. The number of hydrogen-bond donors (Lipinski definition) is 1. The number of aryl methyl sites for hydroxylation is 1. The number of benzene rings is 1. The van der Waals surface area contributed by atoms with Crippen molar-refractivity contribution >= 4 is 27.6 Å². The van der Waals surface area contributed by atoms with Crippen molar-refractivity contribution in [2.75, 3.05) is 11.3 Å². The normalized spacial score (nSPS) is 14.8. The quantitative estimate of drug-likeness (QED) is 0.866. The summed E-state index contributed by atoms with van der Waals surface area (Å²) < 4.78 is 37.5. The van der Waals surface area contributed by atoms with Gasteiger partial charge in [-0.05, 0) is 42.1 Å². The molecule has 0 bridgehead atoms. The van der Waals surface area contributed by atoms with Crippen LogP contribution >= 0.6 is 11.6 Å². The van der Waals surface area contributed by atoms with Gasteiger partial charge in [0.1, 0.15) is 10.6 Å². The van der Waals surface area contributed by atoms with E-state index in [0.717, 1.165) is 12.8 Å². The number of hydrogen-bond acceptors (Lipinski definition) is 6. The average Bonchev–Trinajstić information content (AvgIpc) is 3.20. The zero-order valence-corrected chi connectivity index (χ0v) is 13.3. The number of anilines is 1. The van der Waals surface area contributed by atoms with E-state index in [9.17, 15) is 8.42 Å². The van der Waals surface area contributed by atoms with E-state index >= 15 is 0 Å². The van der Waals surface area contributed by atoms with Crippen LogP contribution in [0.2, 0.25) is 5.02 Å². The molecule has 1 aromatic heterocycles. The Bertz CT molecular complexity index is 786. The van der Waals surface area contributed by atoms with Crippen LogP contribution in [-0.4, -0.2) is 25.2 Å². The summed E-state index contributed by atoms with van der Waals surface area (Å²) in [6.45, 7) is 2.06. The van der Waals surface area contributed by atoms with Gasteiger partial charge in [0.2, 0.25) is 5.89 Å². The van der Waals surface area contributed by atoms with Gasteiger partial charge in [0.25, 0.3) is 16.0 Å². The van der Waals surface area contributed by atoms with Crippen LogP contribution < -0.4 is 9.46 Å². The van der Waals surface area contributed by atoms with Crippen LogP contribution in [0.1, 0.15) is 18.7 Å². The summed E-state index contributed by atoms with van der Waals surface area (Å²) in [7, 11) is -3.93. The minimum Gasteiger partial charge on any atom is -0.492 e. The van der Waals surface area contributed by atoms with E-state index in [0.29, 0.717) is 17.5 Å². The number of nitrogens with one attached hydrogen (secondary N) is 1. The molecule has 22 heavy (non-hydrogen) atoms. The van der Waals surface area contributed by atoms with E-state index in [4.69, 9.17) is 20.9 Å². The van der Waals surface area contributed by atoms with Crippen molar-refractivity contribution in [3.05, 3.63) is 29.1 Å². The van der Waals surface area contributed by atoms with Crippen molar-refractivity contribution in [2.45, 2.75) is 24.7 Å². The monoisotopic (exact) mass is 343 g/mol. The predicted octanol–water partition coefficient (Wildman–Crippen LogP) is 2.62. The molecule has 1 aliphatic carbocycles. The van der Waals surface area contributed by atoms with Crippen LogP contribution in [0.3, 0.4) is 0 Å². The summed E-state index contributed by atoms with van der Waals surface area (Å²) >= 11 is 5.91. The first kappa shape index (κ1) is 15.1. The van der Waals surface area contributed by atoms with Crippen LogP contribution in [0.15, 0.2) is 27.6 Å². The Hall–Kier alpha value is -1.80. The van der Waals surface area contributed by atoms with Crippen LogP contribution in [0.5, 0.6) is 5.75 Å². The molecule has 0 aliphatic heterocycles. The molecule has 1 fully saturated rings. The van der Waals surface area contributed by atoms with Crippen molar-refractivity contribution in [2.24, 2.45) is 5.92 Å². The predicted molar refractivity (Wildman–Crippen MR) is 79.5 cm³/mol. The van der Waals surface area contributed by atoms with Gasteiger partial charge in [-0.25, -0.2) is 13.1 Å². The van der Waals surface area contributed by atoms with Crippen LogP contribution in [-0.2, 0) is 10.0 Å². The maximum absolute atomic E-state index is 12.5. The first-order valence-corrected chi connectivity index (χ1v) is 8.55. The largest absolute Gasteiger partial charge is 0.492 e. The highest BCUT2D eigenvalue weighted by molar-refractivity contribution is 7.92. The van der Waals surface area contributed by atoms with Crippen LogP contribution in [0.4, 0.5) is 5.95 Å². The fraction of sp³-hybridized carbons (Fsp3) is 0.385. The molecule has 0 saturated heterocycles. The Morgan fingerprint density at radius 2 is 2.23 bits per heavy atom. The highest BCUT2D eigenvalue weighted by atomic mass is 35.5. The van der Waals surface area contributed by atoms with Crippen molar-refractivity contribution < 1.29 is 17.7 Å².